The van der Waals surface area contributed by atoms with Crippen LogP contribution in [0.2, 0.25) is 0 Å². The Balaban J connectivity index is 0. The summed E-state index contributed by atoms with van der Waals surface area (Å²) in [5.41, 5.74) is -0.723. The third-order valence-corrected chi connectivity index (χ3v) is 8.49. The smallest absolute Gasteiger partial charge is 0.225 e. The number of carbonyl (C=O) groups excluding carboxylic acids is 1. The fraction of sp³-hybridized carbons (Fsp3) is 0.974. The largest absolute Gasteiger partial charge is 0.400 e. The molecular weight excluding hydrogens is 534 g/mol. The van der Waals surface area contributed by atoms with Crippen molar-refractivity contribution >= 4 is 5.91 Å². The Bertz CT molecular complexity index is 521. The number of carbonyl (C=O) groups is 1. The van der Waals surface area contributed by atoms with Crippen LogP contribution in [0.1, 0.15) is 202 Å². The lowest BCUT2D eigenvalue weighted by Crippen LogP contribution is -2.35. The molecule has 0 rings (SSSR count). The fourth-order valence-corrected chi connectivity index (χ4v) is 5.59. The van der Waals surface area contributed by atoms with E-state index in [2.05, 4.69) is 18.7 Å². The van der Waals surface area contributed by atoms with Gasteiger partial charge in [0.2, 0.25) is 5.91 Å². The lowest BCUT2D eigenvalue weighted by atomic mass is 10.0. The Labute approximate surface area is 270 Å². The summed E-state index contributed by atoms with van der Waals surface area (Å²) in [6.07, 6.45) is 33.2. The van der Waals surface area contributed by atoms with Crippen LogP contribution >= 0.6 is 0 Å². The predicted molar refractivity (Wildman–Crippen MR) is 188 cm³/mol. The van der Waals surface area contributed by atoms with E-state index in [1.165, 1.54) is 141 Å². The van der Waals surface area contributed by atoms with Gasteiger partial charge in [0, 0.05) is 26.8 Å². The lowest BCUT2D eigenvalue weighted by molar-refractivity contribution is -0.134. The van der Waals surface area contributed by atoms with Gasteiger partial charge < -0.3 is 19.8 Å². The van der Waals surface area contributed by atoms with E-state index < -0.39 is 5.60 Å². The van der Waals surface area contributed by atoms with Gasteiger partial charge in [0.15, 0.2) is 0 Å². The van der Waals surface area contributed by atoms with Gasteiger partial charge >= 0.3 is 0 Å². The first-order valence-corrected chi connectivity index (χ1v) is 18.9. The Hall–Kier alpha value is -0.650. The molecule has 0 aliphatic heterocycles. The number of ether oxygens (including phenoxy) is 1. The molecule has 0 fully saturated rings. The van der Waals surface area contributed by atoms with Crippen LogP contribution in [-0.2, 0) is 9.53 Å². The predicted octanol–water partition coefficient (Wildman–Crippen LogP) is 10.8. The molecule has 0 aromatic rings. The normalized spacial score (nSPS) is 12.2. The summed E-state index contributed by atoms with van der Waals surface area (Å²) in [6, 6.07) is 0. The average Bonchev–Trinajstić information content (AvgIpc) is 2.97. The number of aliphatic hydroxyl groups excluding tert-OH is 1. The highest BCUT2D eigenvalue weighted by Gasteiger charge is 2.18. The highest BCUT2D eigenvalue weighted by atomic mass is 16.5. The number of nitrogens with zero attached hydrogens (tertiary/aromatic N) is 1. The van der Waals surface area contributed by atoms with Gasteiger partial charge in [-0.15, -0.1) is 0 Å². The highest BCUT2D eigenvalue weighted by molar-refractivity contribution is 5.76. The molecule has 0 aliphatic carbocycles. The third kappa shape index (κ3) is 35.7. The van der Waals surface area contributed by atoms with Crippen LogP contribution in [0.3, 0.4) is 0 Å². The van der Waals surface area contributed by atoms with E-state index in [1.807, 2.05) is 6.92 Å². The molecule has 0 saturated heterocycles. The van der Waals surface area contributed by atoms with E-state index >= 15 is 0 Å². The molecule has 43 heavy (non-hydrogen) atoms. The highest BCUT2D eigenvalue weighted by Crippen LogP contribution is 2.15. The van der Waals surface area contributed by atoms with Crippen molar-refractivity contribution in [3.8, 4) is 0 Å². The summed E-state index contributed by atoms with van der Waals surface area (Å²) < 4.78 is 5.87. The van der Waals surface area contributed by atoms with E-state index in [4.69, 9.17) is 9.84 Å². The molecule has 1 atom stereocenters. The Morgan fingerprint density at radius 1 is 0.605 bits per heavy atom. The van der Waals surface area contributed by atoms with Crippen molar-refractivity contribution in [3.63, 3.8) is 0 Å². The molecule has 0 aromatic carbocycles. The average molecular weight is 614 g/mol. The van der Waals surface area contributed by atoms with Crippen LogP contribution in [0, 0.1) is 0 Å². The van der Waals surface area contributed by atoms with Crippen LogP contribution in [0.15, 0.2) is 0 Å². The van der Waals surface area contributed by atoms with Gasteiger partial charge in [-0.3, -0.25) is 4.79 Å². The lowest BCUT2D eigenvalue weighted by Gasteiger charge is -2.25. The Morgan fingerprint density at radius 2 is 0.907 bits per heavy atom. The number of unbranched alkanes of at least 4 members (excludes halogenated alkanes) is 22. The van der Waals surface area contributed by atoms with E-state index in [1.54, 1.807) is 13.8 Å². The second-order valence-electron chi connectivity index (χ2n) is 13.6. The molecule has 0 aliphatic rings. The number of hydrogen-bond donors (Lipinski definition) is 2. The number of amides is 1. The third-order valence-electron chi connectivity index (χ3n) is 8.49. The molecule has 2 N–H and O–H groups in total. The summed E-state index contributed by atoms with van der Waals surface area (Å²) in [7, 11) is 1.00. The maximum Gasteiger partial charge on any atom is 0.225 e. The summed E-state index contributed by atoms with van der Waals surface area (Å²) >= 11 is 0. The van der Waals surface area contributed by atoms with E-state index in [0.717, 1.165) is 33.0 Å². The van der Waals surface area contributed by atoms with Crippen LogP contribution in [0.4, 0.5) is 0 Å². The van der Waals surface area contributed by atoms with Gasteiger partial charge in [0.05, 0.1) is 18.1 Å². The minimum absolute atomic E-state index is 0.101. The molecule has 0 bridgehead atoms. The van der Waals surface area contributed by atoms with Crippen LogP contribution < -0.4 is 0 Å². The topological polar surface area (TPSA) is 70.0 Å². The molecule has 5 nitrogen and oxygen atoms in total. The Kier molecular flexibility index (Phi) is 35.4. The number of aliphatic hydroxyl groups is 2. The monoisotopic (exact) mass is 614 g/mol. The first-order valence-electron chi connectivity index (χ1n) is 18.9. The zero-order valence-corrected chi connectivity index (χ0v) is 30.2. The van der Waals surface area contributed by atoms with Crippen molar-refractivity contribution < 1.29 is 19.7 Å². The van der Waals surface area contributed by atoms with Gasteiger partial charge in [-0.05, 0) is 40.0 Å². The van der Waals surface area contributed by atoms with Gasteiger partial charge in [0.25, 0.3) is 0 Å². The quantitative estimate of drug-likeness (QED) is 0.0740. The van der Waals surface area contributed by atoms with Crippen LogP contribution in [-0.4, -0.2) is 59.5 Å². The van der Waals surface area contributed by atoms with Crippen molar-refractivity contribution in [2.24, 2.45) is 0 Å². The van der Waals surface area contributed by atoms with Crippen molar-refractivity contribution in [3.05, 3.63) is 0 Å². The van der Waals surface area contributed by atoms with Crippen molar-refractivity contribution in [2.45, 2.75) is 213 Å². The first kappa shape index (κ1) is 44.5. The van der Waals surface area contributed by atoms with Crippen LogP contribution in [0.25, 0.3) is 0 Å². The number of hydrogen-bond acceptors (Lipinski definition) is 4. The van der Waals surface area contributed by atoms with Gasteiger partial charge in [0.1, 0.15) is 0 Å². The van der Waals surface area contributed by atoms with E-state index in [-0.39, 0.29) is 12.0 Å². The van der Waals surface area contributed by atoms with Crippen LogP contribution in [0.5, 0.6) is 0 Å². The van der Waals surface area contributed by atoms with E-state index in [0.29, 0.717) is 19.4 Å². The fourth-order valence-electron chi connectivity index (χ4n) is 5.59. The zero-order chi connectivity index (χ0) is 32.4. The van der Waals surface area contributed by atoms with Crippen molar-refractivity contribution in [1.29, 1.82) is 0 Å². The van der Waals surface area contributed by atoms with Crippen molar-refractivity contribution in [1.82, 2.24) is 4.90 Å². The molecule has 0 heterocycles. The minimum Gasteiger partial charge on any atom is -0.400 e. The summed E-state index contributed by atoms with van der Waals surface area (Å²) in [5, 5.41) is 16.9. The van der Waals surface area contributed by atoms with Crippen molar-refractivity contribution in [2.75, 3.05) is 26.8 Å². The summed E-state index contributed by atoms with van der Waals surface area (Å²) in [6.45, 7) is 12.4. The molecule has 1 amide bonds. The summed E-state index contributed by atoms with van der Waals surface area (Å²) in [5.74, 6) is 0.243. The second kappa shape index (κ2) is 34.2. The zero-order valence-electron chi connectivity index (χ0n) is 30.2. The summed E-state index contributed by atoms with van der Waals surface area (Å²) in [4.78, 5) is 15.3. The molecule has 1 unspecified atom stereocenters. The van der Waals surface area contributed by atoms with Gasteiger partial charge in [-0.2, -0.15) is 0 Å². The molecule has 260 valence electrons. The SMILES string of the molecule is CCCCCCCCCCCCCCN(CCCCCCCCCCCCCC)C(=O)CC(C)OCCC(C)(C)O.CO. The maximum atomic E-state index is 13.2. The number of rotatable bonds is 32. The standard InChI is InChI=1S/C37H75NO3.CH4O/c1-6-8-10-12-14-16-18-20-22-24-26-28-31-38(36(39)34-35(3)41-33-30-37(4,5)40)32-29-27-25-23-21-19-17-15-13-11-9-7-2;1-2/h35,40H,6-34H2,1-5H3;2H,1H3. The molecule has 0 radical (unpaired) electrons. The minimum atomic E-state index is -0.723. The maximum absolute atomic E-state index is 13.2. The van der Waals surface area contributed by atoms with Gasteiger partial charge in [-0.1, -0.05) is 155 Å². The van der Waals surface area contributed by atoms with Gasteiger partial charge in [-0.25, -0.2) is 0 Å². The molecule has 0 spiro atoms. The molecule has 0 aromatic heterocycles. The first-order chi connectivity index (χ1) is 20.8. The molecular formula is C38H79NO4. The van der Waals surface area contributed by atoms with E-state index in [9.17, 15) is 9.90 Å². The Morgan fingerprint density at radius 3 is 1.21 bits per heavy atom. The second-order valence-corrected chi connectivity index (χ2v) is 13.6. The molecule has 0 saturated carbocycles. The molecule has 5 heteroatoms.